The highest BCUT2D eigenvalue weighted by atomic mass is 32.2. The van der Waals surface area contributed by atoms with E-state index in [1.807, 2.05) is 12.3 Å². The summed E-state index contributed by atoms with van der Waals surface area (Å²) < 4.78 is 10.8. The second kappa shape index (κ2) is 3.06. The lowest BCUT2D eigenvalue weighted by Gasteiger charge is -2.15. The highest BCUT2D eigenvalue weighted by molar-refractivity contribution is 7.98. The second-order valence-electron chi connectivity index (χ2n) is 4.04. The Morgan fingerprint density at radius 1 is 1.33 bits per heavy atom. The second-order valence-corrected chi connectivity index (χ2v) is 4.85. The zero-order valence-electron chi connectivity index (χ0n) is 8.58. The first-order chi connectivity index (χ1) is 7.24. The molecule has 15 heavy (non-hydrogen) atoms. The summed E-state index contributed by atoms with van der Waals surface area (Å²) in [6.45, 7) is 0.323. The van der Waals surface area contributed by atoms with Gasteiger partial charge in [-0.15, -0.1) is 11.8 Å². The number of thioether (sulfide) groups is 1. The van der Waals surface area contributed by atoms with Gasteiger partial charge in [0.05, 0.1) is 4.90 Å². The van der Waals surface area contributed by atoms with Crippen molar-refractivity contribution in [3.63, 3.8) is 0 Å². The van der Waals surface area contributed by atoms with E-state index in [4.69, 9.17) is 15.2 Å². The Morgan fingerprint density at radius 2 is 2.13 bits per heavy atom. The first-order valence-electron chi connectivity index (χ1n) is 5.00. The number of nitrogens with two attached hydrogens (primary N) is 1. The van der Waals surface area contributed by atoms with Crippen LogP contribution in [0.5, 0.6) is 11.5 Å². The smallest absolute Gasteiger partial charge is 0.231 e. The number of ether oxygens (including phenoxy) is 2. The molecule has 1 saturated carbocycles. The fourth-order valence-electron chi connectivity index (χ4n) is 1.95. The third kappa shape index (κ3) is 1.32. The highest BCUT2D eigenvalue weighted by Crippen LogP contribution is 2.51. The van der Waals surface area contributed by atoms with Crippen molar-refractivity contribution in [2.45, 2.75) is 23.3 Å². The summed E-state index contributed by atoms with van der Waals surface area (Å²) in [4.78, 5) is 1.14. The molecule has 0 unspecified atom stereocenters. The Labute approximate surface area is 92.9 Å². The van der Waals surface area contributed by atoms with Crippen LogP contribution in [0.4, 0.5) is 0 Å². The lowest BCUT2D eigenvalue weighted by atomic mass is 10.1. The van der Waals surface area contributed by atoms with Crippen molar-refractivity contribution < 1.29 is 9.47 Å². The Bertz CT molecular complexity index is 415. The molecule has 3 nitrogen and oxygen atoms in total. The molecule has 0 aromatic heterocycles. The lowest BCUT2D eigenvalue weighted by molar-refractivity contribution is 0.172. The minimum atomic E-state index is -0.112. The van der Waals surface area contributed by atoms with Crippen molar-refractivity contribution in [2.24, 2.45) is 5.73 Å². The van der Waals surface area contributed by atoms with Gasteiger partial charge in [-0.1, -0.05) is 6.07 Å². The Balaban J connectivity index is 2.15. The molecule has 0 spiro atoms. The van der Waals surface area contributed by atoms with Crippen molar-refractivity contribution in [1.29, 1.82) is 0 Å². The van der Waals surface area contributed by atoms with Gasteiger partial charge >= 0.3 is 0 Å². The monoisotopic (exact) mass is 223 g/mol. The lowest BCUT2D eigenvalue weighted by Crippen LogP contribution is -2.19. The maximum Gasteiger partial charge on any atom is 0.231 e. The molecular weight excluding hydrogens is 210 g/mol. The van der Waals surface area contributed by atoms with Gasteiger partial charge in [-0.05, 0) is 30.7 Å². The van der Waals surface area contributed by atoms with Gasteiger partial charge in [-0.2, -0.15) is 0 Å². The summed E-state index contributed by atoms with van der Waals surface area (Å²) in [5.74, 6) is 1.71. The van der Waals surface area contributed by atoms with Crippen molar-refractivity contribution in [3.8, 4) is 11.5 Å². The molecule has 1 aromatic carbocycles. The molecule has 1 heterocycles. The summed E-state index contributed by atoms with van der Waals surface area (Å²) in [7, 11) is 0. The van der Waals surface area contributed by atoms with Gasteiger partial charge in [0.25, 0.3) is 0 Å². The van der Waals surface area contributed by atoms with Crippen molar-refractivity contribution in [1.82, 2.24) is 0 Å². The van der Waals surface area contributed by atoms with Crippen LogP contribution in [0, 0.1) is 0 Å². The summed E-state index contributed by atoms with van der Waals surface area (Å²) in [5, 5.41) is 0. The molecule has 3 rings (SSSR count). The van der Waals surface area contributed by atoms with Crippen LogP contribution in [0.2, 0.25) is 0 Å². The summed E-state index contributed by atoms with van der Waals surface area (Å²) in [5.41, 5.74) is 7.32. The first-order valence-corrected chi connectivity index (χ1v) is 6.23. The van der Waals surface area contributed by atoms with E-state index in [0.29, 0.717) is 6.79 Å². The maximum atomic E-state index is 6.23. The molecule has 80 valence electrons. The molecule has 1 aromatic rings. The van der Waals surface area contributed by atoms with Gasteiger partial charge in [0.15, 0.2) is 11.5 Å². The molecule has 0 atom stereocenters. The van der Waals surface area contributed by atoms with E-state index in [-0.39, 0.29) is 5.54 Å². The number of hydrogen-bond acceptors (Lipinski definition) is 4. The molecular formula is C11H13NO2S. The van der Waals surface area contributed by atoms with Crippen LogP contribution in [0.15, 0.2) is 17.0 Å². The number of benzene rings is 1. The molecule has 1 aliphatic heterocycles. The largest absolute Gasteiger partial charge is 0.454 e. The maximum absolute atomic E-state index is 6.23. The molecule has 4 heteroatoms. The van der Waals surface area contributed by atoms with Gasteiger partial charge in [0, 0.05) is 5.54 Å². The van der Waals surface area contributed by atoms with E-state index in [1.54, 1.807) is 11.8 Å². The number of fused-ring (bicyclic) bond motifs is 1. The first kappa shape index (κ1) is 9.36. The Hall–Kier alpha value is -0.870. The Kier molecular flexibility index (Phi) is 1.91. The van der Waals surface area contributed by atoms with E-state index in [0.717, 1.165) is 29.2 Å². The van der Waals surface area contributed by atoms with Gasteiger partial charge in [-0.25, -0.2) is 0 Å². The zero-order chi connectivity index (χ0) is 10.5. The fraction of sp³-hybridized carbons (Fsp3) is 0.455. The molecule has 1 aliphatic carbocycles. The van der Waals surface area contributed by atoms with Crippen LogP contribution < -0.4 is 15.2 Å². The minimum absolute atomic E-state index is 0.112. The predicted molar refractivity (Wildman–Crippen MR) is 59.4 cm³/mol. The average Bonchev–Trinajstić information content (AvgIpc) is 2.82. The third-order valence-electron chi connectivity index (χ3n) is 3.02. The van der Waals surface area contributed by atoms with Crippen LogP contribution in [0.3, 0.4) is 0 Å². The SMILES string of the molecule is CSc1c(C2(N)CC2)ccc2c1OCO2. The summed E-state index contributed by atoms with van der Waals surface area (Å²) >= 11 is 1.68. The van der Waals surface area contributed by atoms with Gasteiger partial charge in [0.2, 0.25) is 6.79 Å². The van der Waals surface area contributed by atoms with Crippen LogP contribution in [0.25, 0.3) is 0 Å². The van der Waals surface area contributed by atoms with Crippen molar-refractivity contribution >= 4 is 11.8 Å². The average molecular weight is 223 g/mol. The van der Waals surface area contributed by atoms with E-state index < -0.39 is 0 Å². The van der Waals surface area contributed by atoms with Gasteiger partial charge < -0.3 is 15.2 Å². The van der Waals surface area contributed by atoms with Crippen molar-refractivity contribution in [2.75, 3.05) is 13.0 Å². The molecule has 2 N–H and O–H groups in total. The van der Waals surface area contributed by atoms with Crippen LogP contribution in [0.1, 0.15) is 18.4 Å². The molecule has 2 aliphatic rings. The molecule has 0 radical (unpaired) electrons. The van der Waals surface area contributed by atoms with Gasteiger partial charge in [-0.3, -0.25) is 0 Å². The zero-order valence-corrected chi connectivity index (χ0v) is 9.39. The normalized spacial score (nSPS) is 20.4. The third-order valence-corrected chi connectivity index (χ3v) is 3.84. The van der Waals surface area contributed by atoms with Crippen molar-refractivity contribution in [3.05, 3.63) is 17.7 Å². The quantitative estimate of drug-likeness (QED) is 0.780. The predicted octanol–water partition coefficient (Wildman–Crippen LogP) is 2.08. The molecule has 0 saturated heterocycles. The minimum Gasteiger partial charge on any atom is -0.454 e. The standard InChI is InChI=1S/C11H13NO2S/c1-15-10-7(11(12)4-5-11)2-3-8-9(10)14-6-13-8/h2-3H,4-6,12H2,1H3. The molecule has 0 amide bonds. The van der Waals surface area contributed by atoms with E-state index in [1.165, 1.54) is 5.56 Å². The Morgan fingerprint density at radius 3 is 2.80 bits per heavy atom. The van der Waals surface area contributed by atoms with Crippen LogP contribution in [-0.2, 0) is 5.54 Å². The van der Waals surface area contributed by atoms with Gasteiger partial charge in [0.1, 0.15) is 0 Å². The topological polar surface area (TPSA) is 44.5 Å². The van der Waals surface area contributed by atoms with E-state index >= 15 is 0 Å². The van der Waals surface area contributed by atoms with Crippen LogP contribution in [-0.4, -0.2) is 13.0 Å². The molecule has 0 bridgehead atoms. The number of hydrogen-bond donors (Lipinski definition) is 1. The highest BCUT2D eigenvalue weighted by Gasteiger charge is 2.43. The fourth-order valence-corrected chi connectivity index (χ4v) is 2.78. The van der Waals surface area contributed by atoms with E-state index in [2.05, 4.69) is 6.07 Å². The number of rotatable bonds is 2. The van der Waals surface area contributed by atoms with Crippen LogP contribution >= 0.6 is 11.8 Å². The summed E-state index contributed by atoms with van der Waals surface area (Å²) in [6.07, 6.45) is 4.19. The molecule has 1 fully saturated rings. The summed E-state index contributed by atoms with van der Waals surface area (Å²) in [6, 6.07) is 4.04. The van der Waals surface area contributed by atoms with E-state index in [9.17, 15) is 0 Å².